The Bertz CT molecular complexity index is 764. The molecular weight excluding hydrogens is 355 g/mol. The first-order valence-corrected chi connectivity index (χ1v) is 7.98. The highest BCUT2D eigenvalue weighted by Crippen LogP contribution is 2.33. The topological polar surface area (TPSA) is 80.7 Å². The zero-order valence-corrected chi connectivity index (χ0v) is 14.0. The second kappa shape index (κ2) is 7.25. The van der Waals surface area contributed by atoms with Gasteiger partial charge >= 0.3 is 0 Å². The number of carbonyl (C=O) groups is 1. The van der Waals surface area contributed by atoms with Gasteiger partial charge in [-0.25, -0.2) is 4.98 Å². The van der Waals surface area contributed by atoms with Crippen LogP contribution in [0.4, 0.5) is 5.69 Å². The van der Waals surface area contributed by atoms with Crippen LogP contribution >= 0.6 is 23.2 Å². The van der Waals surface area contributed by atoms with Crippen molar-refractivity contribution in [2.75, 3.05) is 18.5 Å². The number of hydrogen-bond donors (Lipinski definition) is 2. The van der Waals surface area contributed by atoms with E-state index in [0.29, 0.717) is 24.7 Å². The molecule has 0 spiro atoms. The van der Waals surface area contributed by atoms with Crippen molar-refractivity contribution in [2.24, 2.45) is 0 Å². The van der Waals surface area contributed by atoms with E-state index in [4.69, 9.17) is 32.7 Å². The lowest BCUT2D eigenvalue weighted by molar-refractivity contribution is 0.102. The molecule has 1 aromatic carbocycles. The molecule has 3 rings (SSSR count). The van der Waals surface area contributed by atoms with Crippen molar-refractivity contribution in [1.82, 2.24) is 4.98 Å². The smallest absolute Gasteiger partial charge is 0.256 e. The molecule has 0 bridgehead atoms. The summed E-state index contributed by atoms with van der Waals surface area (Å²) in [6.45, 7) is 1.16. The number of benzene rings is 1. The summed E-state index contributed by atoms with van der Waals surface area (Å²) in [5.41, 5.74) is 0.502. The summed E-state index contributed by atoms with van der Waals surface area (Å²) >= 11 is 11.7. The lowest BCUT2D eigenvalue weighted by Crippen LogP contribution is -2.17. The van der Waals surface area contributed by atoms with Crippen LogP contribution in [-0.2, 0) is 4.74 Å². The molecule has 1 fully saturated rings. The van der Waals surface area contributed by atoms with Gasteiger partial charge in [0.25, 0.3) is 5.91 Å². The van der Waals surface area contributed by atoms with Crippen molar-refractivity contribution in [3.8, 4) is 11.6 Å². The second-order valence-electron chi connectivity index (χ2n) is 5.22. The van der Waals surface area contributed by atoms with Crippen molar-refractivity contribution in [3.63, 3.8) is 0 Å². The third-order valence-corrected chi connectivity index (χ3v) is 4.18. The molecule has 2 heterocycles. The fourth-order valence-electron chi connectivity index (χ4n) is 2.22. The fourth-order valence-corrected chi connectivity index (χ4v) is 2.54. The van der Waals surface area contributed by atoms with Gasteiger partial charge in [0.1, 0.15) is 11.9 Å². The average Bonchev–Trinajstić information content (AvgIpc) is 3.06. The molecule has 126 valence electrons. The van der Waals surface area contributed by atoms with Gasteiger partial charge < -0.3 is 19.9 Å². The highest BCUT2D eigenvalue weighted by Gasteiger charge is 2.19. The number of ether oxygens (including phenoxy) is 2. The van der Waals surface area contributed by atoms with Gasteiger partial charge in [-0.1, -0.05) is 23.2 Å². The van der Waals surface area contributed by atoms with Crippen LogP contribution in [0.3, 0.4) is 0 Å². The maximum atomic E-state index is 12.3. The van der Waals surface area contributed by atoms with Crippen molar-refractivity contribution in [3.05, 3.63) is 46.1 Å². The molecule has 8 heteroatoms. The van der Waals surface area contributed by atoms with E-state index in [1.165, 1.54) is 24.4 Å². The number of anilines is 1. The van der Waals surface area contributed by atoms with Gasteiger partial charge in [0.15, 0.2) is 0 Å². The summed E-state index contributed by atoms with van der Waals surface area (Å²) < 4.78 is 10.9. The standard InChI is InChI=1S/C16H14Cl2N2O4/c17-11-6-13(14(21)7-12(11)18)20-16(22)9-1-3-19-15(5-9)24-10-2-4-23-8-10/h1,3,5-7,10,21H,2,4,8H2,(H,20,22)/t10-/m1/s1. The molecule has 0 saturated carbocycles. The van der Waals surface area contributed by atoms with Gasteiger partial charge in [-0.15, -0.1) is 0 Å². The lowest BCUT2D eigenvalue weighted by Gasteiger charge is -2.12. The number of pyridine rings is 1. The van der Waals surface area contributed by atoms with Gasteiger partial charge in [0, 0.05) is 30.3 Å². The quantitative estimate of drug-likeness (QED) is 0.807. The largest absolute Gasteiger partial charge is 0.506 e. The highest BCUT2D eigenvalue weighted by atomic mass is 35.5. The van der Waals surface area contributed by atoms with E-state index in [1.807, 2.05) is 0 Å². The van der Waals surface area contributed by atoms with E-state index >= 15 is 0 Å². The van der Waals surface area contributed by atoms with Gasteiger partial charge in [-0.05, 0) is 12.1 Å². The van der Waals surface area contributed by atoms with E-state index in [0.717, 1.165) is 6.42 Å². The fraction of sp³-hybridized carbons (Fsp3) is 0.250. The molecule has 1 aliphatic rings. The number of nitrogens with one attached hydrogen (secondary N) is 1. The van der Waals surface area contributed by atoms with Crippen molar-refractivity contribution >= 4 is 34.8 Å². The van der Waals surface area contributed by atoms with E-state index in [1.54, 1.807) is 6.07 Å². The van der Waals surface area contributed by atoms with E-state index in [-0.39, 0.29) is 27.6 Å². The van der Waals surface area contributed by atoms with Crippen LogP contribution in [0.1, 0.15) is 16.8 Å². The van der Waals surface area contributed by atoms with Crippen molar-refractivity contribution < 1.29 is 19.4 Å². The molecule has 2 aromatic rings. The number of phenols is 1. The van der Waals surface area contributed by atoms with E-state index in [2.05, 4.69) is 10.3 Å². The van der Waals surface area contributed by atoms with Crippen molar-refractivity contribution in [1.29, 1.82) is 0 Å². The molecule has 0 aliphatic carbocycles. The van der Waals surface area contributed by atoms with Crippen LogP contribution < -0.4 is 10.1 Å². The molecule has 24 heavy (non-hydrogen) atoms. The Hall–Kier alpha value is -2.02. The number of aromatic hydroxyl groups is 1. The number of rotatable bonds is 4. The normalized spacial score (nSPS) is 16.8. The number of amides is 1. The molecule has 1 amide bonds. The van der Waals surface area contributed by atoms with Crippen LogP contribution in [0.15, 0.2) is 30.5 Å². The SMILES string of the molecule is O=C(Nc1cc(Cl)c(Cl)cc1O)c1ccnc(O[C@@H]2CCOC2)c1. The highest BCUT2D eigenvalue weighted by molar-refractivity contribution is 6.42. The molecule has 1 aromatic heterocycles. The third-order valence-electron chi connectivity index (χ3n) is 3.46. The number of halogens is 2. The predicted octanol–water partition coefficient (Wildman–Crippen LogP) is 3.51. The Balaban J connectivity index is 1.74. The first kappa shape index (κ1) is 16.8. The van der Waals surface area contributed by atoms with Crippen LogP contribution in [0.25, 0.3) is 0 Å². The van der Waals surface area contributed by atoms with E-state index < -0.39 is 5.91 Å². The summed E-state index contributed by atoms with van der Waals surface area (Å²) in [4.78, 5) is 16.4. The van der Waals surface area contributed by atoms with Gasteiger partial charge in [0.2, 0.25) is 5.88 Å². The van der Waals surface area contributed by atoms with Crippen molar-refractivity contribution in [2.45, 2.75) is 12.5 Å². The summed E-state index contributed by atoms with van der Waals surface area (Å²) in [5.74, 6) is -0.262. The maximum absolute atomic E-state index is 12.3. The zero-order chi connectivity index (χ0) is 17.1. The third kappa shape index (κ3) is 3.90. The van der Waals surface area contributed by atoms with Crippen LogP contribution in [0.2, 0.25) is 10.0 Å². The second-order valence-corrected chi connectivity index (χ2v) is 6.04. The summed E-state index contributed by atoms with van der Waals surface area (Å²) in [7, 11) is 0. The van der Waals surface area contributed by atoms with Gasteiger partial charge in [0.05, 0.1) is 28.9 Å². The first-order chi connectivity index (χ1) is 11.5. The molecule has 1 saturated heterocycles. The summed E-state index contributed by atoms with van der Waals surface area (Å²) in [6.07, 6.45) is 2.21. The van der Waals surface area contributed by atoms with Crippen LogP contribution in [-0.4, -0.2) is 35.3 Å². The Morgan fingerprint density at radius 2 is 2.12 bits per heavy atom. The molecule has 1 atom stereocenters. The maximum Gasteiger partial charge on any atom is 0.256 e. The van der Waals surface area contributed by atoms with Crippen LogP contribution in [0.5, 0.6) is 11.6 Å². The minimum absolute atomic E-state index is 0.0603. The summed E-state index contributed by atoms with van der Waals surface area (Å²) in [6, 6.07) is 5.72. The summed E-state index contributed by atoms with van der Waals surface area (Å²) in [5, 5.41) is 12.8. The minimum atomic E-state index is -0.432. The van der Waals surface area contributed by atoms with Crippen LogP contribution in [0, 0.1) is 0 Å². The minimum Gasteiger partial charge on any atom is -0.506 e. The molecule has 2 N–H and O–H groups in total. The Kier molecular flexibility index (Phi) is 5.08. The Morgan fingerprint density at radius 1 is 1.33 bits per heavy atom. The number of hydrogen-bond acceptors (Lipinski definition) is 5. The molecule has 0 radical (unpaired) electrons. The molecule has 1 aliphatic heterocycles. The Morgan fingerprint density at radius 3 is 2.88 bits per heavy atom. The number of carbonyl (C=O) groups excluding carboxylic acids is 1. The molecular formula is C16H14Cl2N2O4. The molecule has 6 nitrogen and oxygen atoms in total. The molecule has 0 unspecified atom stereocenters. The Labute approximate surface area is 148 Å². The monoisotopic (exact) mass is 368 g/mol. The zero-order valence-electron chi connectivity index (χ0n) is 12.5. The van der Waals surface area contributed by atoms with Gasteiger partial charge in [-0.3, -0.25) is 4.79 Å². The van der Waals surface area contributed by atoms with E-state index in [9.17, 15) is 9.90 Å². The van der Waals surface area contributed by atoms with Gasteiger partial charge in [-0.2, -0.15) is 0 Å². The predicted molar refractivity (Wildman–Crippen MR) is 90.2 cm³/mol. The first-order valence-electron chi connectivity index (χ1n) is 7.23. The number of nitrogens with zero attached hydrogens (tertiary/aromatic N) is 1. The lowest BCUT2D eigenvalue weighted by atomic mass is 10.2. The average molecular weight is 369 g/mol. The number of phenolic OH excluding ortho intramolecular Hbond substituents is 1. The number of aromatic nitrogens is 1.